The van der Waals surface area contributed by atoms with Crippen molar-refractivity contribution < 1.29 is 18.4 Å². The minimum atomic E-state index is -0.0273. The van der Waals surface area contributed by atoms with Gasteiger partial charge in [-0.15, -0.1) is 13.2 Å². The van der Waals surface area contributed by atoms with E-state index in [0.29, 0.717) is 25.3 Å². The van der Waals surface area contributed by atoms with Crippen molar-refractivity contribution >= 4 is 32.6 Å². The number of ether oxygens (including phenoxy) is 2. The van der Waals surface area contributed by atoms with E-state index in [0.717, 1.165) is 56.8 Å². The molecule has 6 heteroatoms. The molecule has 320 valence electrons. The third-order valence-electron chi connectivity index (χ3n) is 16.4. The van der Waals surface area contributed by atoms with Gasteiger partial charge >= 0.3 is 0 Å². The summed E-state index contributed by atoms with van der Waals surface area (Å²) in [5.41, 5.74) is 7.51. The van der Waals surface area contributed by atoms with Crippen LogP contribution in [0.25, 0.3) is 32.6 Å². The Morgan fingerprint density at radius 3 is 1.53 bits per heavy atom. The summed E-state index contributed by atoms with van der Waals surface area (Å²) in [4.78, 5) is 9.51. The molecule has 0 N–H and O–H groups in total. The van der Waals surface area contributed by atoms with Gasteiger partial charge in [-0.05, 0) is 83.0 Å². The van der Waals surface area contributed by atoms with Crippen LogP contribution in [0.5, 0.6) is 0 Å². The summed E-state index contributed by atoms with van der Waals surface area (Å²) in [5, 5.41) is 5.10. The first-order valence-electron chi connectivity index (χ1n) is 23.8. The second kappa shape index (κ2) is 17.4. The van der Waals surface area contributed by atoms with Crippen molar-refractivity contribution in [1.82, 2.24) is 9.97 Å². The number of fused-ring (bicyclic) bond motifs is 9. The molecule has 2 aromatic heterocycles. The molecule has 62 heavy (non-hydrogen) atoms. The summed E-state index contributed by atoms with van der Waals surface area (Å²) in [6.07, 6.45) is 15.2. The van der Waals surface area contributed by atoms with Crippen LogP contribution in [0.3, 0.4) is 0 Å². The van der Waals surface area contributed by atoms with E-state index in [1.165, 1.54) is 109 Å². The van der Waals surface area contributed by atoms with Gasteiger partial charge < -0.3 is 18.4 Å². The van der Waals surface area contributed by atoms with Gasteiger partial charge in [-0.1, -0.05) is 86.7 Å². The third kappa shape index (κ3) is 7.51. The van der Waals surface area contributed by atoms with E-state index in [1.54, 1.807) is 0 Å². The van der Waals surface area contributed by atoms with Gasteiger partial charge in [0.15, 0.2) is 0 Å². The molecule has 6 saturated heterocycles. The molecule has 6 aliphatic heterocycles. The number of hydrogen-bond acceptors (Lipinski definition) is 4. The molecule has 5 unspecified atom stereocenters. The van der Waals surface area contributed by atoms with Gasteiger partial charge in [0.25, 0.3) is 0 Å². The third-order valence-corrected chi connectivity index (χ3v) is 16.4. The molecular weight excluding hydrogens is 761 g/mol. The molecule has 6 fully saturated rings. The standard InChI is InChI=1S/C56H66N4O2/c1-5-29-61-55(49-21-25-57-51-15-11-9-13-47(49)51)53-33-44-23-27-59(53,37-41(44)7-3)35-39-17-19-43-20-18-40(32-46(43)31-39)36-60-28-24-45(42(8-4)38-60)34-54(60)56(62-30-6-2)50-22-26-58-52-16-12-10-14-48(50)52/h5-6,9-22,25-26,31-32,41-42,44-45,53-56H,1-2,7-8,23-24,27-30,33-38H2,3-4H3/q+2/t41-,42?,44?,45+,53?,54-,55+,56+,59?,60?/m0/s1. The Morgan fingerprint density at radius 1 is 0.613 bits per heavy atom. The first-order valence-corrected chi connectivity index (χ1v) is 23.8. The van der Waals surface area contributed by atoms with Crippen molar-refractivity contribution in [2.45, 2.75) is 89.8 Å². The molecule has 0 aliphatic carbocycles. The Labute approximate surface area is 369 Å². The topological polar surface area (TPSA) is 44.2 Å². The lowest BCUT2D eigenvalue weighted by molar-refractivity contribution is -0.986. The van der Waals surface area contributed by atoms with Crippen LogP contribution < -0.4 is 0 Å². The molecule has 8 heterocycles. The predicted molar refractivity (Wildman–Crippen MR) is 253 cm³/mol. The maximum Gasteiger partial charge on any atom is 0.135 e. The van der Waals surface area contributed by atoms with Crippen molar-refractivity contribution in [2.75, 3.05) is 39.4 Å². The van der Waals surface area contributed by atoms with Crippen LogP contribution in [0.15, 0.2) is 135 Å². The van der Waals surface area contributed by atoms with E-state index in [-0.39, 0.29) is 12.2 Å². The van der Waals surface area contributed by atoms with Gasteiger partial charge in [-0.2, -0.15) is 0 Å². The van der Waals surface area contributed by atoms with E-state index < -0.39 is 0 Å². The number of quaternary nitrogens is 2. The number of rotatable bonds is 16. The van der Waals surface area contributed by atoms with Crippen LogP contribution in [-0.2, 0) is 22.6 Å². The van der Waals surface area contributed by atoms with Crippen molar-refractivity contribution in [3.8, 4) is 0 Å². The fourth-order valence-electron chi connectivity index (χ4n) is 13.5. The number of piperidine rings is 6. The highest BCUT2D eigenvalue weighted by atomic mass is 16.5. The van der Waals surface area contributed by atoms with Crippen LogP contribution in [0.4, 0.5) is 0 Å². The molecule has 10 atom stereocenters. The second-order valence-corrected chi connectivity index (χ2v) is 19.5. The molecular formula is C56H66N4O2+2. The number of aromatic nitrogens is 2. The largest absolute Gasteiger partial charge is 0.363 e. The summed E-state index contributed by atoms with van der Waals surface area (Å²) >= 11 is 0. The SMILES string of the molecule is C=CCO[C@H](c1ccnc2ccccc12)C1CC2CC[N+]1(Cc1ccc3ccc(C[N+]45CC[C@H](C[C@H]4[C@H](OCC=C)c4ccnc6ccccc46)C(CC)C5)cc3c1)C[C@@H]2CC. The van der Waals surface area contributed by atoms with Crippen LogP contribution in [-0.4, -0.2) is 70.4 Å². The summed E-state index contributed by atoms with van der Waals surface area (Å²) in [6.45, 7) is 20.9. The Bertz CT molecular complexity index is 2390. The first-order chi connectivity index (χ1) is 30.4. The molecule has 4 aromatic carbocycles. The first kappa shape index (κ1) is 41.3. The van der Waals surface area contributed by atoms with E-state index in [9.17, 15) is 0 Å². The number of hydrogen-bond donors (Lipinski definition) is 0. The Kier molecular flexibility index (Phi) is 11.6. The van der Waals surface area contributed by atoms with Gasteiger partial charge in [-0.3, -0.25) is 9.97 Å². The minimum absolute atomic E-state index is 0.0273. The van der Waals surface area contributed by atoms with Crippen LogP contribution in [0.1, 0.15) is 86.8 Å². The highest BCUT2D eigenvalue weighted by Gasteiger charge is 2.56. The molecule has 0 amide bonds. The number of para-hydroxylation sites is 2. The lowest BCUT2D eigenvalue weighted by Crippen LogP contribution is -2.68. The maximum absolute atomic E-state index is 6.92. The average molecular weight is 827 g/mol. The van der Waals surface area contributed by atoms with E-state index in [2.05, 4.69) is 124 Å². The highest BCUT2D eigenvalue weighted by molar-refractivity contribution is 5.84. The van der Waals surface area contributed by atoms with E-state index in [4.69, 9.17) is 19.4 Å². The minimum Gasteiger partial charge on any atom is -0.363 e. The van der Waals surface area contributed by atoms with Gasteiger partial charge in [0.2, 0.25) is 0 Å². The monoisotopic (exact) mass is 827 g/mol. The summed E-state index contributed by atoms with van der Waals surface area (Å²) in [7, 11) is 0. The van der Waals surface area contributed by atoms with E-state index >= 15 is 0 Å². The van der Waals surface area contributed by atoms with Crippen LogP contribution in [0, 0.1) is 23.7 Å². The maximum atomic E-state index is 6.92. The normalized spacial score (nSPS) is 28.9. The highest BCUT2D eigenvalue weighted by Crippen LogP contribution is 2.51. The zero-order chi connectivity index (χ0) is 42.3. The van der Waals surface area contributed by atoms with Crippen molar-refractivity contribution in [1.29, 1.82) is 0 Å². The molecule has 12 rings (SSSR count). The summed E-state index contributed by atoms with van der Waals surface area (Å²) < 4.78 is 16.0. The Hall–Kier alpha value is -4.72. The summed E-state index contributed by atoms with van der Waals surface area (Å²) in [6, 6.07) is 37.1. The zero-order valence-corrected chi connectivity index (χ0v) is 37.1. The predicted octanol–water partition coefficient (Wildman–Crippen LogP) is 12.1. The zero-order valence-electron chi connectivity index (χ0n) is 37.1. The quantitative estimate of drug-likeness (QED) is 0.0720. The van der Waals surface area contributed by atoms with Crippen molar-refractivity contribution in [2.24, 2.45) is 23.7 Å². The smallest absolute Gasteiger partial charge is 0.135 e. The Morgan fingerprint density at radius 2 is 1.08 bits per heavy atom. The molecule has 4 bridgehead atoms. The van der Waals surface area contributed by atoms with Crippen molar-refractivity contribution in [3.63, 3.8) is 0 Å². The van der Waals surface area contributed by atoms with Gasteiger partial charge in [0, 0.05) is 71.8 Å². The summed E-state index contributed by atoms with van der Waals surface area (Å²) in [5.74, 6) is 2.98. The molecule has 0 radical (unpaired) electrons. The fourth-order valence-corrected chi connectivity index (χ4v) is 13.5. The molecule has 6 aromatic rings. The van der Waals surface area contributed by atoms with Gasteiger partial charge in [-0.25, -0.2) is 0 Å². The Balaban J connectivity index is 0.995. The van der Waals surface area contributed by atoms with Gasteiger partial charge in [0.05, 0.1) is 50.4 Å². The molecule has 6 nitrogen and oxygen atoms in total. The second-order valence-electron chi connectivity index (χ2n) is 19.5. The van der Waals surface area contributed by atoms with Gasteiger partial charge in [0.1, 0.15) is 37.4 Å². The lowest BCUT2D eigenvalue weighted by Gasteiger charge is -2.59. The van der Waals surface area contributed by atoms with Crippen LogP contribution in [0.2, 0.25) is 0 Å². The average Bonchev–Trinajstić information content (AvgIpc) is 3.32. The molecule has 6 aliphatic rings. The van der Waals surface area contributed by atoms with E-state index in [1.807, 2.05) is 24.5 Å². The fraction of sp³-hybridized carbons (Fsp3) is 0.429. The molecule has 0 spiro atoms. The number of nitrogens with zero attached hydrogens (tertiary/aromatic N) is 4. The number of pyridine rings is 2. The molecule has 0 saturated carbocycles. The van der Waals surface area contributed by atoms with Crippen LogP contribution >= 0.6 is 0 Å². The number of benzene rings is 4. The lowest BCUT2D eigenvalue weighted by atomic mass is 9.70. The van der Waals surface area contributed by atoms with Crippen molar-refractivity contribution in [3.05, 3.63) is 157 Å².